The molecule has 0 bridgehead atoms. The van der Waals surface area contributed by atoms with Gasteiger partial charge in [0.05, 0.1) is 16.7 Å². The largest absolute Gasteiger partial charge is 0.253 e. The quantitative estimate of drug-likeness (QED) is 0.757. The van der Waals surface area contributed by atoms with Crippen LogP contribution in [0.15, 0.2) is 30.5 Å². The van der Waals surface area contributed by atoms with Gasteiger partial charge in [-0.1, -0.05) is 26.0 Å². The van der Waals surface area contributed by atoms with E-state index in [0.717, 1.165) is 29.6 Å². The van der Waals surface area contributed by atoms with E-state index in [1.807, 2.05) is 30.5 Å². The summed E-state index contributed by atoms with van der Waals surface area (Å²) in [4.78, 5) is 9.09. The van der Waals surface area contributed by atoms with Gasteiger partial charge in [-0.05, 0) is 25.0 Å². The van der Waals surface area contributed by atoms with E-state index in [4.69, 9.17) is 0 Å². The summed E-state index contributed by atoms with van der Waals surface area (Å²) in [6, 6.07) is 8.02. The summed E-state index contributed by atoms with van der Waals surface area (Å²) in [6.45, 7) is 4.40. The Kier molecular flexibility index (Phi) is 2.95. The number of nitrogens with zero attached hydrogens (tertiary/aromatic N) is 2. The van der Waals surface area contributed by atoms with E-state index in [1.54, 1.807) is 0 Å². The van der Waals surface area contributed by atoms with Crippen LogP contribution >= 0.6 is 0 Å². The zero-order valence-electron chi connectivity index (χ0n) is 9.27. The maximum absolute atomic E-state index is 4.65. The molecule has 0 radical (unpaired) electrons. The predicted molar refractivity (Wildman–Crippen MR) is 62.9 cm³/mol. The van der Waals surface area contributed by atoms with Crippen LogP contribution < -0.4 is 0 Å². The number of hydrogen-bond acceptors (Lipinski definition) is 2. The summed E-state index contributed by atoms with van der Waals surface area (Å²) < 4.78 is 0. The van der Waals surface area contributed by atoms with Crippen LogP contribution in [0.25, 0.3) is 11.0 Å². The summed E-state index contributed by atoms with van der Waals surface area (Å²) >= 11 is 0. The maximum Gasteiger partial charge on any atom is 0.0890 e. The molecule has 0 aliphatic carbocycles. The molecule has 0 atom stereocenters. The van der Waals surface area contributed by atoms with E-state index in [2.05, 4.69) is 23.8 Å². The third-order valence-corrected chi connectivity index (χ3v) is 2.87. The molecule has 0 saturated heterocycles. The van der Waals surface area contributed by atoms with Gasteiger partial charge in [0.25, 0.3) is 0 Å². The Morgan fingerprint density at radius 3 is 2.40 bits per heavy atom. The first-order valence-electron chi connectivity index (χ1n) is 5.56. The van der Waals surface area contributed by atoms with Crippen LogP contribution in [-0.4, -0.2) is 9.97 Å². The molecule has 2 nitrogen and oxygen atoms in total. The molecular weight excluding hydrogens is 184 g/mol. The zero-order chi connectivity index (χ0) is 10.7. The monoisotopic (exact) mass is 200 g/mol. The van der Waals surface area contributed by atoms with Gasteiger partial charge < -0.3 is 0 Å². The fourth-order valence-electron chi connectivity index (χ4n) is 1.88. The molecule has 1 aromatic heterocycles. The van der Waals surface area contributed by atoms with Crippen molar-refractivity contribution in [1.82, 2.24) is 9.97 Å². The zero-order valence-corrected chi connectivity index (χ0v) is 9.27. The first-order valence-corrected chi connectivity index (χ1v) is 5.56. The first-order chi connectivity index (χ1) is 7.35. The molecule has 1 heterocycles. The SMILES string of the molecule is CCC(CC)c1cnc2ccccc2n1. The number of fused-ring (bicyclic) bond motifs is 1. The molecule has 0 spiro atoms. The first kappa shape index (κ1) is 10.1. The van der Waals surface area contributed by atoms with Crippen LogP contribution in [0.5, 0.6) is 0 Å². The van der Waals surface area contributed by atoms with Gasteiger partial charge >= 0.3 is 0 Å². The average Bonchev–Trinajstić information content (AvgIpc) is 2.30. The van der Waals surface area contributed by atoms with Crippen molar-refractivity contribution < 1.29 is 0 Å². The van der Waals surface area contributed by atoms with Crippen LogP contribution in [0.1, 0.15) is 38.3 Å². The van der Waals surface area contributed by atoms with Crippen molar-refractivity contribution >= 4 is 11.0 Å². The number of hydrogen-bond donors (Lipinski definition) is 0. The minimum atomic E-state index is 0.544. The van der Waals surface area contributed by atoms with E-state index in [1.165, 1.54) is 0 Å². The van der Waals surface area contributed by atoms with Crippen molar-refractivity contribution in [3.8, 4) is 0 Å². The van der Waals surface area contributed by atoms with Crippen LogP contribution in [0.2, 0.25) is 0 Å². The lowest BCUT2D eigenvalue weighted by Crippen LogP contribution is -2.00. The smallest absolute Gasteiger partial charge is 0.0890 e. The van der Waals surface area contributed by atoms with E-state index < -0.39 is 0 Å². The Morgan fingerprint density at radius 1 is 1.07 bits per heavy atom. The van der Waals surface area contributed by atoms with E-state index in [9.17, 15) is 0 Å². The molecule has 0 unspecified atom stereocenters. The molecule has 2 rings (SSSR count). The molecule has 0 amide bonds. The van der Waals surface area contributed by atoms with Gasteiger partial charge in [-0.15, -0.1) is 0 Å². The third kappa shape index (κ3) is 1.99. The highest BCUT2D eigenvalue weighted by molar-refractivity contribution is 5.73. The number of benzene rings is 1. The summed E-state index contributed by atoms with van der Waals surface area (Å²) in [5.74, 6) is 0.544. The number of para-hydroxylation sites is 2. The molecule has 0 saturated carbocycles. The lowest BCUT2D eigenvalue weighted by molar-refractivity contribution is 0.623. The van der Waals surface area contributed by atoms with Gasteiger partial charge in [0.1, 0.15) is 0 Å². The molecule has 15 heavy (non-hydrogen) atoms. The van der Waals surface area contributed by atoms with Crippen LogP contribution in [0.3, 0.4) is 0 Å². The van der Waals surface area contributed by atoms with Crippen molar-refractivity contribution in [2.24, 2.45) is 0 Å². The normalized spacial score (nSPS) is 11.1. The fourth-order valence-corrected chi connectivity index (χ4v) is 1.88. The second kappa shape index (κ2) is 4.39. The Hall–Kier alpha value is -1.44. The Morgan fingerprint density at radius 2 is 1.73 bits per heavy atom. The van der Waals surface area contributed by atoms with E-state index in [0.29, 0.717) is 5.92 Å². The lowest BCUT2D eigenvalue weighted by Gasteiger charge is -2.11. The van der Waals surface area contributed by atoms with Crippen molar-refractivity contribution in [2.45, 2.75) is 32.6 Å². The number of rotatable bonds is 3. The topological polar surface area (TPSA) is 25.8 Å². The average molecular weight is 200 g/mol. The fraction of sp³-hybridized carbons (Fsp3) is 0.385. The van der Waals surface area contributed by atoms with Crippen LogP contribution in [0.4, 0.5) is 0 Å². The van der Waals surface area contributed by atoms with Crippen molar-refractivity contribution in [1.29, 1.82) is 0 Å². The second-order valence-corrected chi connectivity index (χ2v) is 3.80. The second-order valence-electron chi connectivity index (χ2n) is 3.80. The Labute approximate surface area is 90.4 Å². The number of aromatic nitrogens is 2. The Bertz CT molecular complexity index is 447. The summed E-state index contributed by atoms with van der Waals surface area (Å²) in [5, 5.41) is 0. The maximum atomic E-state index is 4.65. The molecule has 78 valence electrons. The minimum Gasteiger partial charge on any atom is -0.253 e. The van der Waals surface area contributed by atoms with E-state index in [-0.39, 0.29) is 0 Å². The summed E-state index contributed by atoms with van der Waals surface area (Å²) in [6.07, 6.45) is 4.17. The molecule has 1 aromatic carbocycles. The summed E-state index contributed by atoms with van der Waals surface area (Å²) in [5.41, 5.74) is 3.10. The van der Waals surface area contributed by atoms with E-state index >= 15 is 0 Å². The molecule has 0 aliphatic rings. The highest BCUT2D eigenvalue weighted by atomic mass is 14.8. The predicted octanol–water partition coefficient (Wildman–Crippen LogP) is 3.53. The van der Waals surface area contributed by atoms with Gasteiger partial charge in [0.15, 0.2) is 0 Å². The van der Waals surface area contributed by atoms with Gasteiger partial charge in [-0.3, -0.25) is 4.98 Å². The standard InChI is InChI=1S/C13H16N2/c1-3-10(4-2)13-9-14-11-7-5-6-8-12(11)15-13/h5-10H,3-4H2,1-2H3. The molecule has 0 fully saturated rings. The minimum absolute atomic E-state index is 0.544. The van der Waals surface area contributed by atoms with Crippen molar-refractivity contribution in [3.05, 3.63) is 36.2 Å². The molecule has 2 heteroatoms. The van der Waals surface area contributed by atoms with Gasteiger partial charge in [0.2, 0.25) is 0 Å². The third-order valence-electron chi connectivity index (χ3n) is 2.87. The Balaban J connectivity index is 2.46. The van der Waals surface area contributed by atoms with Crippen molar-refractivity contribution in [3.63, 3.8) is 0 Å². The van der Waals surface area contributed by atoms with Gasteiger partial charge in [-0.25, -0.2) is 4.98 Å². The molecule has 0 N–H and O–H groups in total. The van der Waals surface area contributed by atoms with Crippen LogP contribution in [0, 0.1) is 0 Å². The lowest BCUT2D eigenvalue weighted by atomic mass is 10.00. The van der Waals surface area contributed by atoms with Gasteiger partial charge in [0, 0.05) is 12.1 Å². The van der Waals surface area contributed by atoms with Gasteiger partial charge in [-0.2, -0.15) is 0 Å². The van der Waals surface area contributed by atoms with Crippen LogP contribution in [-0.2, 0) is 0 Å². The highest BCUT2D eigenvalue weighted by Crippen LogP contribution is 2.21. The molecule has 2 aromatic rings. The molecular formula is C13H16N2. The molecule has 0 aliphatic heterocycles. The summed E-state index contributed by atoms with van der Waals surface area (Å²) in [7, 11) is 0. The highest BCUT2D eigenvalue weighted by Gasteiger charge is 2.09. The van der Waals surface area contributed by atoms with Crippen molar-refractivity contribution in [2.75, 3.05) is 0 Å².